The van der Waals surface area contributed by atoms with Crippen LogP contribution in [0.3, 0.4) is 0 Å². The summed E-state index contributed by atoms with van der Waals surface area (Å²) in [5.41, 5.74) is 2.56. The van der Waals surface area contributed by atoms with Crippen molar-refractivity contribution >= 4 is 28.8 Å². The lowest BCUT2D eigenvalue weighted by Gasteiger charge is -2.17. The molecule has 2 heterocycles. The highest BCUT2D eigenvalue weighted by atomic mass is 32.1. The Balaban J connectivity index is 2.34. The molecule has 20 heavy (non-hydrogen) atoms. The molecule has 8 nitrogen and oxygen atoms in total. The van der Waals surface area contributed by atoms with Crippen LogP contribution in [0.5, 0.6) is 0 Å². The lowest BCUT2D eigenvalue weighted by Crippen LogP contribution is -2.20. The number of hydrogen-bond donors (Lipinski definition) is 1. The number of aromatic nitrogens is 3. The molecule has 0 amide bonds. The Morgan fingerprint density at radius 2 is 2.25 bits per heavy atom. The third kappa shape index (κ3) is 2.82. The Hall–Kier alpha value is -2.29. The highest BCUT2D eigenvalue weighted by Crippen LogP contribution is 2.27. The zero-order valence-corrected chi connectivity index (χ0v) is 12.1. The molecule has 0 atom stereocenters. The molecule has 0 aromatic carbocycles. The molecule has 2 rings (SSSR count). The van der Waals surface area contributed by atoms with E-state index in [1.807, 2.05) is 6.92 Å². The van der Waals surface area contributed by atoms with E-state index in [-0.39, 0.29) is 11.5 Å². The molecule has 0 aliphatic heterocycles. The highest BCUT2D eigenvalue weighted by molar-refractivity contribution is 7.09. The van der Waals surface area contributed by atoms with E-state index in [4.69, 9.17) is 0 Å². The summed E-state index contributed by atoms with van der Waals surface area (Å²) in [6, 6.07) is 0. The van der Waals surface area contributed by atoms with Gasteiger partial charge in [0, 0.05) is 19.0 Å². The van der Waals surface area contributed by atoms with Crippen LogP contribution < -0.4 is 10.2 Å². The van der Waals surface area contributed by atoms with Crippen molar-refractivity contribution in [3.8, 4) is 0 Å². The number of nitro groups is 1. The molecule has 0 spiro atoms. The average Bonchev–Trinajstić information content (AvgIpc) is 2.83. The molecule has 0 saturated heterocycles. The summed E-state index contributed by atoms with van der Waals surface area (Å²) in [4.78, 5) is 25.6. The van der Waals surface area contributed by atoms with Crippen LogP contribution >= 0.6 is 11.3 Å². The minimum absolute atomic E-state index is 0.117. The van der Waals surface area contributed by atoms with Crippen molar-refractivity contribution in [1.29, 1.82) is 0 Å². The predicted octanol–water partition coefficient (Wildman–Crippen LogP) is 1.83. The van der Waals surface area contributed by atoms with Crippen LogP contribution in [0.15, 0.2) is 11.7 Å². The summed E-state index contributed by atoms with van der Waals surface area (Å²) in [6.07, 6.45) is 1.21. The van der Waals surface area contributed by atoms with Gasteiger partial charge in [0.15, 0.2) is 0 Å². The van der Waals surface area contributed by atoms with Gasteiger partial charge in [-0.15, -0.1) is 11.3 Å². The summed E-state index contributed by atoms with van der Waals surface area (Å²) >= 11 is 1.52. The van der Waals surface area contributed by atoms with Crippen molar-refractivity contribution in [2.24, 2.45) is 0 Å². The van der Waals surface area contributed by atoms with E-state index in [9.17, 15) is 10.1 Å². The molecule has 2 aromatic heterocycles. The number of rotatable bonds is 5. The second-order valence-corrected chi connectivity index (χ2v) is 5.07. The molecule has 1 N–H and O–H groups in total. The summed E-state index contributed by atoms with van der Waals surface area (Å²) < 4.78 is 0. The smallest absolute Gasteiger partial charge is 0.329 e. The number of nitrogens with zero attached hydrogens (tertiary/aromatic N) is 5. The van der Waals surface area contributed by atoms with E-state index in [1.54, 1.807) is 24.5 Å². The highest BCUT2D eigenvalue weighted by Gasteiger charge is 2.21. The number of thiazole rings is 1. The SMILES string of the molecule is CNc1ncc([N+](=O)[O-])c(N(C)Cc2scnc2C)n1. The molecule has 0 aliphatic carbocycles. The van der Waals surface area contributed by atoms with Gasteiger partial charge in [-0.25, -0.2) is 9.97 Å². The number of hydrogen-bond acceptors (Lipinski definition) is 8. The molecule has 9 heteroatoms. The normalized spacial score (nSPS) is 10.3. The summed E-state index contributed by atoms with van der Waals surface area (Å²) in [6.45, 7) is 2.42. The van der Waals surface area contributed by atoms with Crippen LogP contribution in [0.2, 0.25) is 0 Å². The Morgan fingerprint density at radius 1 is 1.50 bits per heavy atom. The molecule has 0 radical (unpaired) electrons. The fraction of sp³-hybridized carbons (Fsp3) is 0.364. The van der Waals surface area contributed by atoms with Gasteiger partial charge in [0.05, 0.1) is 22.7 Å². The third-order valence-electron chi connectivity index (χ3n) is 2.76. The molecule has 2 aromatic rings. The first-order valence-electron chi connectivity index (χ1n) is 5.82. The van der Waals surface area contributed by atoms with Gasteiger partial charge in [-0.1, -0.05) is 0 Å². The Labute approximate surface area is 119 Å². The van der Waals surface area contributed by atoms with Crippen molar-refractivity contribution in [1.82, 2.24) is 15.0 Å². The third-order valence-corrected chi connectivity index (χ3v) is 3.68. The quantitative estimate of drug-likeness (QED) is 0.663. The molecule has 0 fully saturated rings. The van der Waals surface area contributed by atoms with Gasteiger partial charge in [-0.05, 0) is 6.92 Å². The van der Waals surface area contributed by atoms with E-state index in [2.05, 4.69) is 20.3 Å². The van der Waals surface area contributed by atoms with Gasteiger partial charge in [-0.3, -0.25) is 10.1 Å². The van der Waals surface area contributed by atoms with Gasteiger partial charge in [0.1, 0.15) is 6.20 Å². The fourth-order valence-corrected chi connectivity index (χ4v) is 2.49. The van der Waals surface area contributed by atoms with E-state index in [0.717, 1.165) is 10.6 Å². The molecule has 0 aliphatic rings. The molecule has 0 unspecified atom stereocenters. The first-order valence-corrected chi connectivity index (χ1v) is 6.70. The number of aryl methyl sites for hydroxylation is 1. The Morgan fingerprint density at radius 3 is 2.80 bits per heavy atom. The molecule has 0 saturated carbocycles. The zero-order chi connectivity index (χ0) is 14.7. The van der Waals surface area contributed by atoms with Crippen LogP contribution in [0.4, 0.5) is 17.5 Å². The Bertz CT molecular complexity index is 629. The van der Waals surface area contributed by atoms with Crippen LogP contribution in [0, 0.1) is 17.0 Å². The predicted molar refractivity (Wildman–Crippen MR) is 77.2 cm³/mol. The average molecular weight is 294 g/mol. The van der Waals surface area contributed by atoms with Gasteiger partial charge >= 0.3 is 5.69 Å². The monoisotopic (exact) mass is 294 g/mol. The minimum Gasteiger partial charge on any atom is -0.357 e. The topological polar surface area (TPSA) is 97.1 Å². The second-order valence-electron chi connectivity index (χ2n) is 4.13. The minimum atomic E-state index is -0.481. The maximum Gasteiger partial charge on any atom is 0.329 e. The first kappa shape index (κ1) is 14.1. The van der Waals surface area contributed by atoms with Crippen LogP contribution in [-0.2, 0) is 6.54 Å². The first-order chi connectivity index (χ1) is 9.52. The molecular formula is C11H14N6O2S. The van der Waals surface area contributed by atoms with Crippen LogP contribution in [0.1, 0.15) is 10.6 Å². The molecular weight excluding hydrogens is 280 g/mol. The standard InChI is InChI=1S/C11H14N6O2S/c1-7-9(20-6-14-7)5-16(3)10-8(17(18)19)4-13-11(12-2)15-10/h4,6H,5H2,1-3H3,(H,12,13,15). The second kappa shape index (κ2) is 5.78. The maximum atomic E-state index is 11.1. The lowest BCUT2D eigenvalue weighted by molar-refractivity contribution is -0.384. The molecule has 106 valence electrons. The van der Waals surface area contributed by atoms with Crippen molar-refractivity contribution in [3.05, 3.63) is 32.4 Å². The summed E-state index contributed by atoms with van der Waals surface area (Å²) in [5, 5.41) is 13.8. The Kier molecular flexibility index (Phi) is 4.08. The van der Waals surface area contributed by atoms with E-state index in [1.165, 1.54) is 17.5 Å². The van der Waals surface area contributed by atoms with Crippen LogP contribution in [0.25, 0.3) is 0 Å². The van der Waals surface area contributed by atoms with Gasteiger partial charge in [-0.2, -0.15) is 4.98 Å². The van der Waals surface area contributed by atoms with Crippen molar-refractivity contribution in [3.63, 3.8) is 0 Å². The maximum absolute atomic E-state index is 11.1. The fourth-order valence-electron chi connectivity index (χ4n) is 1.66. The van der Waals surface area contributed by atoms with Crippen molar-refractivity contribution < 1.29 is 4.92 Å². The summed E-state index contributed by atoms with van der Waals surface area (Å²) in [5.74, 6) is 0.626. The number of nitrogens with one attached hydrogen (secondary N) is 1. The van der Waals surface area contributed by atoms with E-state index < -0.39 is 4.92 Å². The van der Waals surface area contributed by atoms with Gasteiger partial charge < -0.3 is 10.2 Å². The zero-order valence-electron chi connectivity index (χ0n) is 11.3. The van der Waals surface area contributed by atoms with Crippen molar-refractivity contribution in [2.75, 3.05) is 24.3 Å². The van der Waals surface area contributed by atoms with Crippen LogP contribution in [-0.4, -0.2) is 34.0 Å². The van der Waals surface area contributed by atoms with Gasteiger partial charge in [0.2, 0.25) is 11.8 Å². The molecule has 0 bridgehead atoms. The largest absolute Gasteiger partial charge is 0.357 e. The number of anilines is 2. The lowest BCUT2D eigenvalue weighted by atomic mass is 10.3. The van der Waals surface area contributed by atoms with E-state index in [0.29, 0.717) is 12.5 Å². The van der Waals surface area contributed by atoms with Gasteiger partial charge in [0.25, 0.3) is 0 Å². The summed E-state index contributed by atoms with van der Waals surface area (Å²) in [7, 11) is 3.42. The van der Waals surface area contributed by atoms with E-state index >= 15 is 0 Å². The van der Waals surface area contributed by atoms with Crippen molar-refractivity contribution in [2.45, 2.75) is 13.5 Å².